The second-order valence-electron chi connectivity index (χ2n) is 6.39. The average Bonchev–Trinajstić information content (AvgIpc) is 3.10. The molecule has 134 valence electrons. The first-order valence-electron chi connectivity index (χ1n) is 8.56. The predicted octanol–water partition coefficient (Wildman–Crippen LogP) is 3.80. The fourth-order valence-electron chi connectivity index (χ4n) is 2.55. The maximum Gasteiger partial charge on any atom is 0.257 e. The Balaban J connectivity index is 1.65. The molecule has 3 aromatic rings. The Morgan fingerprint density at radius 1 is 1.15 bits per heavy atom. The number of amides is 1. The van der Waals surface area contributed by atoms with Gasteiger partial charge in [0.15, 0.2) is 5.82 Å². The van der Waals surface area contributed by atoms with E-state index in [9.17, 15) is 4.79 Å². The van der Waals surface area contributed by atoms with Crippen molar-refractivity contribution in [2.24, 2.45) is 0 Å². The largest absolute Gasteiger partial charge is 0.377 e. The second kappa shape index (κ2) is 7.82. The van der Waals surface area contributed by atoms with Gasteiger partial charge in [0.2, 0.25) is 0 Å². The Morgan fingerprint density at radius 3 is 2.62 bits per heavy atom. The van der Waals surface area contributed by atoms with Crippen LogP contribution in [0, 0.1) is 6.92 Å². The molecule has 0 saturated carbocycles. The predicted molar refractivity (Wildman–Crippen MR) is 101 cm³/mol. The molecule has 0 fully saturated rings. The van der Waals surface area contributed by atoms with Gasteiger partial charge in [0.05, 0.1) is 6.54 Å². The van der Waals surface area contributed by atoms with Gasteiger partial charge in [-0.3, -0.25) is 4.79 Å². The minimum atomic E-state index is -0.0691. The average molecular weight is 350 g/mol. The van der Waals surface area contributed by atoms with Gasteiger partial charge >= 0.3 is 0 Å². The molecule has 0 bridgehead atoms. The van der Waals surface area contributed by atoms with E-state index in [1.54, 1.807) is 6.07 Å². The van der Waals surface area contributed by atoms with Crippen LogP contribution in [0.15, 0.2) is 53.1 Å². The van der Waals surface area contributed by atoms with E-state index in [0.717, 1.165) is 16.8 Å². The standard InChI is InChI=1S/C20H22N4O2/c1-13(2)22-19(25)16-9-10-17(14(3)11-16)21-12-18-23-20(26-24-18)15-7-5-4-6-8-15/h4-11,13,21H,12H2,1-3H3,(H,22,25). The minimum absolute atomic E-state index is 0.0691. The molecule has 0 aliphatic carbocycles. The van der Waals surface area contributed by atoms with E-state index in [1.807, 2.05) is 63.2 Å². The Labute approximate surface area is 152 Å². The van der Waals surface area contributed by atoms with Crippen LogP contribution in [0.2, 0.25) is 0 Å². The lowest BCUT2D eigenvalue weighted by atomic mass is 10.1. The highest BCUT2D eigenvalue weighted by atomic mass is 16.5. The molecule has 0 aliphatic heterocycles. The van der Waals surface area contributed by atoms with E-state index in [4.69, 9.17) is 4.52 Å². The number of hydrogen-bond acceptors (Lipinski definition) is 5. The second-order valence-corrected chi connectivity index (χ2v) is 6.39. The third kappa shape index (κ3) is 4.27. The summed E-state index contributed by atoms with van der Waals surface area (Å²) in [6, 6.07) is 15.3. The zero-order chi connectivity index (χ0) is 18.5. The lowest BCUT2D eigenvalue weighted by Crippen LogP contribution is -2.30. The molecule has 1 amide bonds. The first kappa shape index (κ1) is 17.7. The number of hydrogen-bond donors (Lipinski definition) is 2. The smallest absolute Gasteiger partial charge is 0.257 e. The maximum atomic E-state index is 12.1. The maximum absolute atomic E-state index is 12.1. The lowest BCUT2D eigenvalue weighted by Gasteiger charge is -2.11. The van der Waals surface area contributed by atoms with E-state index in [2.05, 4.69) is 20.8 Å². The van der Waals surface area contributed by atoms with Crippen molar-refractivity contribution >= 4 is 11.6 Å². The van der Waals surface area contributed by atoms with Gasteiger partial charge in [0.25, 0.3) is 11.8 Å². The first-order valence-corrected chi connectivity index (χ1v) is 8.56. The molecule has 6 heteroatoms. The van der Waals surface area contributed by atoms with Crippen LogP contribution in [-0.4, -0.2) is 22.1 Å². The van der Waals surface area contributed by atoms with E-state index in [-0.39, 0.29) is 11.9 Å². The van der Waals surface area contributed by atoms with E-state index in [0.29, 0.717) is 23.8 Å². The fraction of sp³-hybridized carbons (Fsp3) is 0.250. The third-order valence-corrected chi connectivity index (χ3v) is 3.83. The van der Waals surface area contributed by atoms with Gasteiger partial charge < -0.3 is 15.2 Å². The number of benzene rings is 2. The number of carbonyl (C=O) groups excluding carboxylic acids is 1. The Hall–Kier alpha value is -3.15. The van der Waals surface area contributed by atoms with Crippen LogP contribution in [0.5, 0.6) is 0 Å². The van der Waals surface area contributed by atoms with Gasteiger partial charge in [0, 0.05) is 22.9 Å². The number of aromatic nitrogens is 2. The molecule has 0 spiro atoms. The van der Waals surface area contributed by atoms with Crippen LogP contribution >= 0.6 is 0 Å². The quantitative estimate of drug-likeness (QED) is 0.707. The highest BCUT2D eigenvalue weighted by molar-refractivity contribution is 5.95. The Morgan fingerprint density at radius 2 is 1.92 bits per heavy atom. The molecular formula is C20H22N4O2. The van der Waals surface area contributed by atoms with Gasteiger partial charge in [-0.05, 0) is 56.7 Å². The Bertz CT molecular complexity index is 888. The van der Waals surface area contributed by atoms with Crippen LogP contribution in [0.4, 0.5) is 5.69 Å². The number of nitrogens with zero attached hydrogens (tertiary/aromatic N) is 2. The van der Waals surface area contributed by atoms with Gasteiger partial charge in [0.1, 0.15) is 0 Å². The number of anilines is 1. The molecule has 2 aromatic carbocycles. The summed E-state index contributed by atoms with van der Waals surface area (Å²) in [5.74, 6) is 1.00. The van der Waals surface area contributed by atoms with Crippen molar-refractivity contribution < 1.29 is 9.32 Å². The molecule has 0 aliphatic rings. The summed E-state index contributed by atoms with van der Waals surface area (Å²) in [4.78, 5) is 16.5. The first-order chi connectivity index (χ1) is 12.5. The summed E-state index contributed by atoms with van der Waals surface area (Å²) in [5, 5.41) is 10.2. The van der Waals surface area contributed by atoms with Crippen LogP contribution in [-0.2, 0) is 6.54 Å². The van der Waals surface area contributed by atoms with Gasteiger partial charge in [-0.1, -0.05) is 23.4 Å². The molecular weight excluding hydrogens is 328 g/mol. The summed E-state index contributed by atoms with van der Waals surface area (Å²) >= 11 is 0. The van der Waals surface area contributed by atoms with Gasteiger partial charge in [-0.2, -0.15) is 4.98 Å². The summed E-state index contributed by atoms with van der Waals surface area (Å²) in [5.41, 5.74) is 3.45. The number of aryl methyl sites for hydroxylation is 1. The van der Waals surface area contributed by atoms with Crippen molar-refractivity contribution in [3.05, 3.63) is 65.5 Å². The van der Waals surface area contributed by atoms with Crippen molar-refractivity contribution in [3.8, 4) is 11.5 Å². The van der Waals surface area contributed by atoms with E-state index < -0.39 is 0 Å². The van der Waals surface area contributed by atoms with Crippen LogP contribution < -0.4 is 10.6 Å². The van der Waals surface area contributed by atoms with Crippen molar-refractivity contribution in [2.45, 2.75) is 33.4 Å². The lowest BCUT2D eigenvalue weighted by molar-refractivity contribution is 0.0943. The molecule has 3 rings (SSSR count). The highest BCUT2D eigenvalue weighted by Crippen LogP contribution is 2.19. The Kier molecular flexibility index (Phi) is 5.31. The molecule has 0 saturated heterocycles. The molecule has 0 unspecified atom stereocenters. The summed E-state index contributed by atoms with van der Waals surface area (Å²) in [7, 11) is 0. The third-order valence-electron chi connectivity index (χ3n) is 3.83. The van der Waals surface area contributed by atoms with Crippen LogP contribution in [0.25, 0.3) is 11.5 Å². The molecule has 6 nitrogen and oxygen atoms in total. The van der Waals surface area contributed by atoms with Crippen molar-refractivity contribution in [1.29, 1.82) is 0 Å². The molecule has 26 heavy (non-hydrogen) atoms. The van der Waals surface area contributed by atoms with Crippen LogP contribution in [0.1, 0.15) is 35.6 Å². The van der Waals surface area contributed by atoms with Crippen molar-refractivity contribution in [2.75, 3.05) is 5.32 Å². The SMILES string of the molecule is Cc1cc(C(=O)NC(C)C)ccc1NCc1noc(-c2ccccc2)n1. The normalized spacial score (nSPS) is 10.8. The number of nitrogens with one attached hydrogen (secondary N) is 2. The minimum Gasteiger partial charge on any atom is -0.377 e. The molecule has 0 atom stereocenters. The molecule has 1 aromatic heterocycles. The summed E-state index contributed by atoms with van der Waals surface area (Å²) < 4.78 is 5.30. The fourth-order valence-corrected chi connectivity index (χ4v) is 2.55. The zero-order valence-corrected chi connectivity index (χ0v) is 15.1. The molecule has 1 heterocycles. The monoisotopic (exact) mass is 350 g/mol. The van der Waals surface area contributed by atoms with E-state index in [1.165, 1.54) is 0 Å². The number of carbonyl (C=O) groups is 1. The van der Waals surface area contributed by atoms with E-state index >= 15 is 0 Å². The van der Waals surface area contributed by atoms with Crippen LogP contribution in [0.3, 0.4) is 0 Å². The summed E-state index contributed by atoms with van der Waals surface area (Å²) in [6.07, 6.45) is 0. The highest BCUT2D eigenvalue weighted by Gasteiger charge is 2.11. The van der Waals surface area contributed by atoms with Gasteiger partial charge in [-0.25, -0.2) is 0 Å². The van der Waals surface area contributed by atoms with Gasteiger partial charge in [-0.15, -0.1) is 0 Å². The van der Waals surface area contributed by atoms with Crippen molar-refractivity contribution in [1.82, 2.24) is 15.5 Å². The summed E-state index contributed by atoms with van der Waals surface area (Å²) in [6.45, 7) is 6.28. The number of rotatable bonds is 6. The molecule has 2 N–H and O–H groups in total. The molecule has 0 radical (unpaired) electrons. The zero-order valence-electron chi connectivity index (χ0n) is 15.1. The topological polar surface area (TPSA) is 80.0 Å². The van der Waals surface area contributed by atoms with Crippen molar-refractivity contribution in [3.63, 3.8) is 0 Å².